The fourth-order valence-corrected chi connectivity index (χ4v) is 3.59. The summed E-state index contributed by atoms with van der Waals surface area (Å²) in [7, 11) is 0. The molecule has 0 unspecified atom stereocenters. The predicted octanol–water partition coefficient (Wildman–Crippen LogP) is 4.47. The maximum absolute atomic E-state index is 13.1. The smallest absolute Gasteiger partial charge is 0.320 e. The lowest BCUT2D eigenvalue weighted by atomic mass is 10.1. The summed E-state index contributed by atoms with van der Waals surface area (Å²) in [5, 5.41) is 2.82. The van der Waals surface area contributed by atoms with Gasteiger partial charge in [-0.25, -0.2) is 9.78 Å². The molecule has 1 saturated heterocycles. The van der Waals surface area contributed by atoms with Crippen LogP contribution in [-0.4, -0.2) is 34.9 Å². The number of hydrogen-bond donors (Lipinski definition) is 1. The van der Waals surface area contributed by atoms with Crippen LogP contribution in [0.15, 0.2) is 72.8 Å². The highest BCUT2D eigenvalue weighted by Crippen LogP contribution is 2.23. The standard InChI is InChI=1S/C24H24N4O2/c1-18-8-5-13-22(25-18)26-23(29)20-11-6-12-21(16-20)28-15-7-14-27(24(28)30)17-19-9-3-2-4-10-19/h2-6,8-13,16H,7,14-15,17H2,1H3,(H,25,26,29). The average molecular weight is 400 g/mol. The fraction of sp³-hybridized carbons (Fsp3) is 0.208. The molecule has 3 amide bonds. The molecule has 0 aliphatic carbocycles. The molecule has 1 aliphatic rings. The van der Waals surface area contributed by atoms with Gasteiger partial charge in [0.15, 0.2) is 0 Å². The number of amides is 3. The van der Waals surface area contributed by atoms with E-state index in [0.29, 0.717) is 24.5 Å². The van der Waals surface area contributed by atoms with Gasteiger partial charge in [0.1, 0.15) is 5.82 Å². The van der Waals surface area contributed by atoms with Gasteiger partial charge in [-0.1, -0.05) is 42.5 Å². The Kier molecular flexibility index (Phi) is 5.75. The average Bonchev–Trinajstić information content (AvgIpc) is 2.76. The van der Waals surface area contributed by atoms with Crippen LogP contribution in [0.1, 0.15) is 28.0 Å². The van der Waals surface area contributed by atoms with E-state index in [9.17, 15) is 9.59 Å². The Morgan fingerprint density at radius 2 is 1.80 bits per heavy atom. The molecule has 152 valence electrons. The van der Waals surface area contributed by atoms with Crippen LogP contribution < -0.4 is 10.2 Å². The summed E-state index contributed by atoms with van der Waals surface area (Å²) in [5.74, 6) is 0.258. The third kappa shape index (κ3) is 4.49. The monoisotopic (exact) mass is 400 g/mol. The van der Waals surface area contributed by atoms with Gasteiger partial charge in [0.05, 0.1) is 0 Å². The Morgan fingerprint density at radius 3 is 2.60 bits per heavy atom. The minimum Gasteiger partial charge on any atom is -0.320 e. The van der Waals surface area contributed by atoms with Gasteiger partial charge in [-0.3, -0.25) is 9.69 Å². The number of pyridine rings is 1. The maximum atomic E-state index is 13.1. The Morgan fingerprint density at radius 1 is 1.00 bits per heavy atom. The molecular formula is C24H24N4O2. The van der Waals surface area contributed by atoms with E-state index < -0.39 is 0 Å². The van der Waals surface area contributed by atoms with E-state index in [1.54, 1.807) is 29.2 Å². The molecule has 2 aromatic carbocycles. The van der Waals surface area contributed by atoms with E-state index in [1.807, 2.05) is 60.4 Å². The molecule has 0 radical (unpaired) electrons. The molecule has 4 rings (SSSR count). The maximum Gasteiger partial charge on any atom is 0.324 e. The van der Waals surface area contributed by atoms with Gasteiger partial charge >= 0.3 is 6.03 Å². The molecule has 0 spiro atoms. The minimum atomic E-state index is -0.249. The van der Waals surface area contributed by atoms with Crippen LogP contribution in [0.25, 0.3) is 0 Å². The molecule has 3 aromatic rings. The zero-order valence-electron chi connectivity index (χ0n) is 16.9. The van der Waals surface area contributed by atoms with E-state index in [-0.39, 0.29) is 11.9 Å². The van der Waals surface area contributed by atoms with Gasteiger partial charge < -0.3 is 10.2 Å². The van der Waals surface area contributed by atoms with Crippen molar-refractivity contribution in [1.82, 2.24) is 9.88 Å². The molecule has 1 N–H and O–H groups in total. The molecule has 1 aliphatic heterocycles. The number of carbonyl (C=O) groups excluding carboxylic acids is 2. The number of aryl methyl sites for hydroxylation is 1. The first-order valence-electron chi connectivity index (χ1n) is 10.1. The molecular weight excluding hydrogens is 376 g/mol. The largest absolute Gasteiger partial charge is 0.324 e. The molecule has 6 heteroatoms. The lowest BCUT2D eigenvalue weighted by Crippen LogP contribution is -2.49. The van der Waals surface area contributed by atoms with E-state index >= 15 is 0 Å². The molecule has 30 heavy (non-hydrogen) atoms. The number of benzene rings is 2. The van der Waals surface area contributed by atoms with Crippen LogP contribution in [-0.2, 0) is 6.54 Å². The van der Waals surface area contributed by atoms with Crippen LogP contribution in [0, 0.1) is 6.92 Å². The second kappa shape index (κ2) is 8.78. The molecule has 1 aromatic heterocycles. The summed E-state index contributed by atoms with van der Waals surface area (Å²) < 4.78 is 0. The lowest BCUT2D eigenvalue weighted by Gasteiger charge is -2.35. The van der Waals surface area contributed by atoms with Crippen molar-refractivity contribution in [3.63, 3.8) is 0 Å². The predicted molar refractivity (Wildman–Crippen MR) is 118 cm³/mol. The summed E-state index contributed by atoms with van der Waals surface area (Å²) in [6.45, 7) is 3.81. The Labute approximate surface area is 176 Å². The van der Waals surface area contributed by atoms with Crippen LogP contribution in [0.2, 0.25) is 0 Å². The summed E-state index contributed by atoms with van der Waals surface area (Å²) in [6, 6.07) is 22.6. The number of carbonyl (C=O) groups is 2. The van der Waals surface area contributed by atoms with Crippen molar-refractivity contribution in [3.8, 4) is 0 Å². The number of nitrogens with one attached hydrogen (secondary N) is 1. The second-order valence-electron chi connectivity index (χ2n) is 7.36. The van der Waals surface area contributed by atoms with Crippen LogP contribution >= 0.6 is 0 Å². The zero-order valence-corrected chi connectivity index (χ0v) is 16.9. The third-order valence-corrected chi connectivity index (χ3v) is 5.08. The van der Waals surface area contributed by atoms with Crippen LogP contribution in [0.4, 0.5) is 16.3 Å². The first kappa shape index (κ1) is 19.6. The van der Waals surface area contributed by atoms with Crippen molar-refractivity contribution >= 4 is 23.4 Å². The highest BCUT2D eigenvalue weighted by molar-refractivity contribution is 6.05. The second-order valence-corrected chi connectivity index (χ2v) is 7.36. The highest BCUT2D eigenvalue weighted by Gasteiger charge is 2.27. The Hall–Kier alpha value is -3.67. The summed E-state index contributed by atoms with van der Waals surface area (Å²) >= 11 is 0. The molecule has 0 bridgehead atoms. The normalized spacial score (nSPS) is 14.0. The van der Waals surface area contributed by atoms with Crippen molar-refractivity contribution < 1.29 is 9.59 Å². The van der Waals surface area contributed by atoms with E-state index in [1.165, 1.54) is 0 Å². The lowest BCUT2D eigenvalue weighted by molar-refractivity contribution is 0.102. The van der Waals surface area contributed by atoms with Crippen LogP contribution in [0.5, 0.6) is 0 Å². The number of rotatable bonds is 5. The van der Waals surface area contributed by atoms with Gasteiger partial charge in [0, 0.05) is 36.6 Å². The van der Waals surface area contributed by atoms with Gasteiger partial charge in [0.25, 0.3) is 5.91 Å². The van der Waals surface area contributed by atoms with Crippen molar-refractivity contribution in [2.75, 3.05) is 23.3 Å². The quantitative estimate of drug-likeness (QED) is 0.687. The van der Waals surface area contributed by atoms with Crippen molar-refractivity contribution in [1.29, 1.82) is 0 Å². The number of nitrogens with zero attached hydrogens (tertiary/aromatic N) is 3. The van der Waals surface area contributed by atoms with E-state index in [0.717, 1.165) is 29.9 Å². The van der Waals surface area contributed by atoms with E-state index in [4.69, 9.17) is 0 Å². The third-order valence-electron chi connectivity index (χ3n) is 5.08. The van der Waals surface area contributed by atoms with E-state index in [2.05, 4.69) is 10.3 Å². The molecule has 2 heterocycles. The number of aromatic nitrogens is 1. The molecule has 6 nitrogen and oxygen atoms in total. The fourth-order valence-electron chi connectivity index (χ4n) is 3.59. The molecule has 1 fully saturated rings. The molecule has 0 atom stereocenters. The first-order chi connectivity index (χ1) is 14.6. The number of urea groups is 1. The van der Waals surface area contributed by atoms with Gasteiger partial charge in [-0.05, 0) is 49.2 Å². The van der Waals surface area contributed by atoms with Gasteiger partial charge in [0.2, 0.25) is 0 Å². The zero-order chi connectivity index (χ0) is 20.9. The highest BCUT2D eigenvalue weighted by atomic mass is 16.2. The molecule has 0 saturated carbocycles. The SMILES string of the molecule is Cc1cccc(NC(=O)c2cccc(N3CCCN(Cc4ccccc4)C3=O)c2)n1. The van der Waals surface area contributed by atoms with Crippen molar-refractivity contribution in [3.05, 3.63) is 89.6 Å². The first-order valence-corrected chi connectivity index (χ1v) is 10.1. The van der Waals surface area contributed by atoms with Crippen molar-refractivity contribution in [2.24, 2.45) is 0 Å². The Balaban J connectivity index is 1.49. The van der Waals surface area contributed by atoms with Gasteiger partial charge in [-0.2, -0.15) is 0 Å². The number of anilines is 2. The van der Waals surface area contributed by atoms with Gasteiger partial charge in [-0.15, -0.1) is 0 Å². The van der Waals surface area contributed by atoms with Crippen LogP contribution in [0.3, 0.4) is 0 Å². The summed E-state index contributed by atoms with van der Waals surface area (Å²) in [6.07, 6.45) is 0.877. The topological polar surface area (TPSA) is 65.5 Å². The van der Waals surface area contributed by atoms with Crippen molar-refractivity contribution in [2.45, 2.75) is 19.9 Å². The Bertz CT molecular complexity index is 1050. The number of hydrogen-bond acceptors (Lipinski definition) is 3. The minimum absolute atomic E-state index is 0.0389. The summed E-state index contributed by atoms with van der Waals surface area (Å²) in [4.78, 5) is 33.7. The summed E-state index contributed by atoms with van der Waals surface area (Å²) in [5.41, 5.74) is 3.15.